The molecular formula is C13H24ClN3O. The van der Waals surface area contributed by atoms with E-state index in [1.807, 2.05) is 11.6 Å². The highest BCUT2D eigenvalue weighted by molar-refractivity contribution is 6.31. The van der Waals surface area contributed by atoms with Crippen LogP contribution in [-0.4, -0.2) is 29.5 Å². The number of ether oxygens (including phenoxy) is 1. The van der Waals surface area contributed by atoms with Gasteiger partial charge in [-0.05, 0) is 33.7 Å². The summed E-state index contributed by atoms with van der Waals surface area (Å²) in [7, 11) is 1.72. The molecule has 1 aromatic heterocycles. The Morgan fingerprint density at radius 1 is 1.44 bits per heavy atom. The van der Waals surface area contributed by atoms with Crippen LogP contribution in [0.3, 0.4) is 0 Å². The SMILES string of the molecule is CCCNC(c1c(Cl)cnn1C(C)C)C(C)OC. The van der Waals surface area contributed by atoms with E-state index in [0.29, 0.717) is 5.02 Å². The molecule has 0 radical (unpaired) electrons. The maximum absolute atomic E-state index is 6.28. The molecule has 2 atom stereocenters. The predicted octanol–water partition coefficient (Wildman–Crippen LogP) is 3.19. The van der Waals surface area contributed by atoms with Crippen molar-refractivity contribution in [3.05, 3.63) is 16.9 Å². The third-order valence-corrected chi connectivity index (χ3v) is 3.32. The van der Waals surface area contributed by atoms with Gasteiger partial charge in [0, 0.05) is 13.2 Å². The predicted molar refractivity (Wildman–Crippen MR) is 75.1 cm³/mol. The van der Waals surface area contributed by atoms with Crippen molar-refractivity contribution in [2.24, 2.45) is 0 Å². The second-order valence-electron chi connectivity index (χ2n) is 4.79. The average molecular weight is 274 g/mol. The van der Waals surface area contributed by atoms with Gasteiger partial charge in [0.15, 0.2) is 0 Å². The average Bonchev–Trinajstić information content (AvgIpc) is 2.72. The van der Waals surface area contributed by atoms with E-state index in [1.54, 1.807) is 13.3 Å². The van der Waals surface area contributed by atoms with Crippen LogP contribution in [0.2, 0.25) is 5.02 Å². The normalized spacial score (nSPS) is 15.1. The lowest BCUT2D eigenvalue weighted by atomic mass is 10.1. The van der Waals surface area contributed by atoms with Gasteiger partial charge in [-0.15, -0.1) is 0 Å². The number of aromatic nitrogens is 2. The van der Waals surface area contributed by atoms with Gasteiger partial charge in [0.1, 0.15) is 0 Å². The molecule has 0 aliphatic heterocycles. The molecule has 4 nitrogen and oxygen atoms in total. The van der Waals surface area contributed by atoms with Crippen LogP contribution >= 0.6 is 11.6 Å². The zero-order valence-electron chi connectivity index (χ0n) is 11.9. The van der Waals surface area contributed by atoms with Crippen LogP contribution in [0.25, 0.3) is 0 Å². The number of halogens is 1. The number of hydrogen-bond acceptors (Lipinski definition) is 3. The molecule has 1 rings (SSSR count). The summed E-state index contributed by atoms with van der Waals surface area (Å²) >= 11 is 6.28. The van der Waals surface area contributed by atoms with Crippen molar-refractivity contribution >= 4 is 11.6 Å². The van der Waals surface area contributed by atoms with E-state index in [1.165, 1.54) is 0 Å². The van der Waals surface area contributed by atoms with Gasteiger partial charge in [0.25, 0.3) is 0 Å². The van der Waals surface area contributed by atoms with Gasteiger partial charge in [-0.2, -0.15) is 5.10 Å². The first-order chi connectivity index (χ1) is 8.52. The lowest BCUT2D eigenvalue weighted by Crippen LogP contribution is -2.34. The minimum Gasteiger partial charge on any atom is -0.380 e. The van der Waals surface area contributed by atoms with Gasteiger partial charge in [-0.1, -0.05) is 18.5 Å². The molecule has 104 valence electrons. The van der Waals surface area contributed by atoms with Crippen molar-refractivity contribution in [3.8, 4) is 0 Å². The maximum atomic E-state index is 6.28. The fourth-order valence-corrected chi connectivity index (χ4v) is 2.22. The quantitative estimate of drug-likeness (QED) is 0.829. The first kappa shape index (κ1) is 15.5. The molecule has 1 heterocycles. The van der Waals surface area contributed by atoms with Crippen LogP contribution in [0, 0.1) is 0 Å². The molecule has 0 spiro atoms. The van der Waals surface area contributed by atoms with Crippen LogP contribution in [0.1, 0.15) is 51.9 Å². The van der Waals surface area contributed by atoms with E-state index >= 15 is 0 Å². The number of hydrogen-bond donors (Lipinski definition) is 1. The summed E-state index contributed by atoms with van der Waals surface area (Å²) in [6, 6.07) is 0.342. The molecule has 1 N–H and O–H groups in total. The van der Waals surface area contributed by atoms with Gasteiger partial charge in [0.05, 0.1) is 29.1 Å². The number of nitrogens with one attached hydrogen (secondary N) is 1. The van der Waals surface area contributed by atoms with Crippen LogP contribution in [0.5, 0.6) is 0 Å². The molecule has 0 bridgehead atoms. The number of methoxy groups -OCH3 is 1. The van der Waals surface area contributed by atoms with Crippen molar-refractivity contribution in [3.63, 3.8) is 0 Å². The third-order valence-electron chi connectivity index (χ3n) is 3.03. The lowest BCUT2D eigenvalue weighted by molar-refractivity contribution is 0.0795. The molecule has 0 aromatic carbocycles. The van der Waals surface area contributed by atoms with E-state index in [2.05, 4.69) is 31.2 Å². The molecule has 0 aliphatic rings. The highest BCUT2D eigenvalue weighted by Crippen LogP contribution is 2.28. The van der Waals surface area contributed by atoms with Gasteiger partial charge in [0.2, 0.25) is 0 Å². The summed E-state index contributed by atoms with van der Waals surface area (Å²) in [6.45, 7) is 9.31. The lowest BCUT2D eigenvalue weighted by Gasteiger charge is -2.26. The van der Waals surface area contributed by atoms with Crippen molar-refractivity contribution < 1.29 is 4.74 Å². The molecule has 2 unspecified atom stereocenters. The Labute approximate surface area is 115 Å². The Bertz CT molecular complexity index is 365. The second kappa shape index (κ2) is 7.12. The molecule has 0 saturated heterocycles. The van der Waals surface area contributed by atoms with Crippen LogP contribution < -0.4 is 5.32 Å². The second-order valence-corrected chi connectivity index (χ2v) is 5.20. The van der Waals surface area contributed by atoms with E-state index in [9.17, 15) is 0 Å². The fraction of sp³-hybridized carbons (Fsp3) is 0.769. The number of rotatable bonds is 7. The van der Waals surface area contributed by atoms with Gasteiger partial charge in [-0.25, -0.2) is 0 Å². The number of nitrogens with zero attached hydrogens (tertiary/aromatic N) is 2. The maximum Gasteiger partial charge on any atom is 0.0835 e. The fourth-order valence-electron chi connectivity index (χ4n) is 1.97. The zero-order valence-corrected chi connectivity index (χ0v) is 12.7. The Hall–Kier alpha value is -0.580. The standard InChI is InChI=1S/C13H24ClN3O/c1-6-7-15-12(10(4)18-5)13-11(14)8-16-17(13)9(2)3/h8-10,12,15H,6-7H2,1-5H3. The molecule has 0 fully saturated rings. The van der Waals surface area contributed by atoms with Crippen molar-refractivity contribution in [2.75, 3.05) is 13.7 Å². The highest BCUT2D eigenvalue weighted by Gasteiger charge is 2.26. The first-order valence-corrected chi connectivity index (χ1v) is 6.89. The van der Waals surface area contributed by atoms with Gasteiger partial charge in [-0.3, -0.25) is 4.68 Å². The van der Waals surface area contributed by atoms with Gasteiger partial charge >= 0.3 is 0 Å². The Morgan fingerprint density at radius 3 is 2.61 bits per heavy atom. The molecule has 0 amide bonds. The topological polar surface area (TPSA) is 39.1 Å². The summed E-state index contributed by atoms with van der Waals surface area (Å²) in [6.07, 6.45) is 2.82. The highest BCUT2D eigenvalue weighted by atomic mass is 35.5. The van der Waals surface area contributed by atoms with Gasteiger partial charge < -0.3 is 10.1 Å². The summed E-state index contributed by atoms with van der Waals surface area (Å²) in [4.78, 5) is 0. The molecular weight excluding hydrogens is 250 g/mol. The first-order valence-electron chi connectivity index (χ1n) is 6.52. The summed E-state index contributed by atoms with van der Waals surface area (Å²) in [5.74, 6) is 0. The van der Waals surface area contributed by atoms with E-state index in [4.69, 9.17) is 16.3 Å². The monoisotopic (exact) mass is 273 g/mol. The van der Waals surface area contributed by atoms with Crippen LogP contribution in [-0.2, 0) is 4.74 Å². The summed E-state index contributed by atoms with van der Waals surface area (Å²) in [5, 5.41) is 8.53. The van der Waals surface area contributed by atoms with E-state index < -0.39 is 0 Å². The minimum absolute atomic E-state index is 0.0447. The molecule has 18 heavy (non-hydrogen) atoms. The Morgan fingerprint density at radius 2 is 2.11 bits per heavy atom. The Balaban J connectivity index is 3.07. The smallest absolute Gasteiger partial charge is 0.0835 e. The molecule has 0 saturated carbocycles. The van der Waals surface area contributed by atoms with Crippen LogP contribution in [0.15, 0.2) is 6.20 Å². The van der Waals surface area contributed by atoms with E-state index in [0.717, 1.165) is 18.7 Å². The Kier molecular flexibility index (Phi) is 6.12. The zero-order chi connectivity index (χ0) is 13.7. The van der Waals surface area contributed by atoms with Crippen molar-refractivity contribution in [1.82, 2.24) is 15.1 Å². The summed E-state index contributed by atoms with van der Waals surface area (Å²) in [5.41, 5.74) is 1.01. The third kappa shape index (κ3) is 3.46. The van der Waals surface area contributed by atoms with Crippen molar-refractivity contribution in [1.29, 1.82) is 0 Å². The van der Waals surface area contributed by atoms with Crippen LogP contribution in [0.4, 0.5) is 0 Å². The molecule has 5 heteroatoms. The summed E-state index contributed by atoms with van der Waals surface area (Å²) < 4.78 is 7.42. The minimum atomic E-state index is 0.0447. The largest absolute Gasteiger partial charge is 0.380 e. The van der Waals surface area contributed by atoms with Crippen molar-refractivity contribution in [2.45, 2.75) is 52.3 Å². The molecule has 1 aromatic rings. The van der Waals surface area contributed by atoms with E-state index in [-0.39, 0.29) is 18.2 Å². The molecule has 0 aliphatic carbocycles.